The molecule has 0 saturated carbocycles. The molecule has 30 heavy (non-hydrogen) atoms. The predicted molar refractivity (Wildman–Crippen MR) is 121 cm³/mol. The number of para-hydroxylation sites is 1. The van der Waals surface area contributed by atoms with Crippen LogP contribution in [0.1, 0.15) is 11.1 Å². The summed E-state index contributed by atoms with van der Waals surface area (Å²) in [7, 11) is -1.60. The predicted octanol–water partition coefficient (Wildman–Crippen LogP) is 2.47. The van der Waals surface area contributed by atoms with Crippen molar-refractivity contribution in [1.82, 2.24) is 0 Å². The number of benzene rings is 2. The smallest absolute Gasteiger partial charge is 0.237 e. The Kier molecular flexibility index (Phi) is 7.59. The molecule has 2 N–H and O–H groups in total. The number of nitrogens with one attached hydrogen (secondary N) is 2. The van der Waals surface area contributed by atoms with Crippen molar-refractivity contribution in [2.75, 3.05) is 53.3 Å². The van der Waals surface area contributed by atoms with E-state index in [1.165, 1.54) is 0 Å². The Morgan fingerprint density at radius 2 is 1.50 bits per heavy atom. The van der Waals surface area contributed by atoms with Crippen LogP contribution in [-0.2, 0) is 25.1 Å². The Morgan fingerprint density at radius 1 is 0.933 bits per heavy atom. The van der Waals surface area contributed by atoms with E-state index in [9.17, 15) is 13.8 Å². The quantitative estimate of drug-likeness (QED) is 0.706. The molecule has 3 rings (SSSR count). The minimum Gasteiger partial charge on any atom is -0.378 e. The van der Waals surface area contributed by atoms with Crippen LogP contribution in [0.15, 0.2) is 42.5 Å². The van der Waals surface area contributed by atoms with Gasteiger partial charge in [-0.1, -0.05) is 18.2 Å². The Labute approximate surface area is 179 Å². The summed E-state index contributed by atoms with van der Waals surface area (Å²) in [5.74, 6) is -1.21. The van der Waals surface area contributed by atoms with Crippen molar-refractivity contribution in [2.45, 2.75) is 13.8 Å². The molecule has 8 heteroatoms. The lowest BCUT2D eigenvalue weighted by atomic mass is 10.1. The lowest BCUT2D eigenvalue weighted by molar-refractivity contribution is -0.114. The van der Waals surface area contributed by atoms with Crippen LogP contribution in [0.4, 0.5) is 17.1 Å². The summed E-state index contributed by atoms with van der Waals surface area (Å²) in [6.45, 7) is 6.90. The third kappa shape index (κ3) is 6.14. The molecule has 2 amide bonds. The van der Waals surface area contributed by atoms with E-state index in [0.717, 1.165) is 35.6 Å². The first-order valence-corrected chi connectivity index (χ1v) is 11.3. The number of nitrogens with zero attached hydrogens (tertiary/aromatic N) is 1. The number of aryl methyl sites for hydroxylation is 2. The number of hydrogen-bond donors (Lipinski definition) is 2. The van der Waals surface area contributed by atoms with E-state index in [4.69, 9.17) is 4.74 Å². The van der Waals surface area contributed by atoms with Crippen LogP contribution in [-0.4, -0.2) is 53.8 Å². The van der Waals surface area contributed by atoms with Crippen LogP contribution in [0.2, 0.25) is 0 Å². The van der Waals surface area contributed by atoms with Gasteiger partial charge in [0.05, 0.1) is 13.2 Å². The van der Waals surface area contributed by atoms with Gasteiger partial charge in [0.25, 0.3) is 0 Å². The molecular formula is C22H27N3O4S. The molecular weight excluding hydrogens is 402 g/mol. The number of morpholine rings is 1. The van der Waals surface area contributed by atoms with Crippen LogP contribution in [0, 0.1) is 13.8 Å². The van der Waals surface area contributed by atoms with Gasteiger partial charge in [-0.05, 0) is 49.2 Å². The van der Waals surface area contributed by atoms with Crippen LogP contribution >= 0.6 is 0 Å². The Morgan fingerprint density at radius 3 is 2.10 bits per heavy atom. The van der Waals surface area contributed by atoms with E-state index in [1.807, 2.05) is 56.3 Å². The molecule has 7 nitrogen and oxygen atoms in total. The number of carbonyl (C=O) groups is 2. The Bertz CT molecular complexity index is 904. The van der Waals surface area contributed by atoms with Gasteiger partial charge in [-0.25, -0.2) is 0 Å². The lowest BCUT2D eigenvalue weighted by Gasteiger charge is -2.28. The van der Waals surface area contributed by atoms with Crippen LogP contribution < -0.4 is 15.5 Å². The maximum Gasteiger partial charge on any atom is 0.237 e. The molecule has 1 saturated heterocycles. The summed E-state index contributed by atoms with van der Waals surface area (Å²) in [4.78, 5) is 26.6. The van der Waals surface area contributed by atoms with Gasteiger partial charge in [-0.15, -0.1) is 0 Å². The lowest BCUT2D eigenvalue weighted by Crippen LogP contribution is -2.36. The van der Waals surface area contributed by atoms with Gasteiger partial charge >= 0.3 is 0 Å². The third-order valence-corrected chi connectivity index (χ3v) is 6.03. The summed E-state index contributed by atoms with van der Waals surface area (Å²) in [6.07, 6.45) is 0. The monoisotopic (exact) mass is 429 g/mol. The molecule has 160 valence electrons. The molecule has 1 atom stereocenters. The van der Waals surface area contributed by atoms with E-state index in [2.05, 4.69) is 15.5 Å². The standard InChI is InChI=1S/C22H27N3O4S/c1-16-4-3-5-17(2)22(16)24-21(27)15-30(28)14-20(26)23-18-6-8-19(9-7-18)25-10-12-29-13-11-25/h3-9H,10-15H2,1-2H3,(H,23,26)(H,24,27)/t30-/m1/s1. The normalized spacial score (nSPS) is 14.8. The number of carbonyl (C=O) groups excluding carboxylic acids is 2. The molecule has 2 aromatic carbocycles. The highest BCUT2D eigenvalue weighted by Gasteiger charge is 2.15. The highest BCUT2D eigenvalue weighted by atomic mass is 32.2. The first-order chi connectivity index (χ1) is 14.4. The second-order valence-corrected chi connectivity index (χ2v) is 8.69. The minimum absolute atomic E-state index is 0.225. The maximum absolute atomic E-state index is 12.2. The van der Waals surface area contributed by atoms with Crippen molar-refractivity contribution in [1.29, 1.82) is 0 Å². The van der Waals surface area contributed by atoms with Crippen LogP contribution in [0.5, 0.6) is 0 Å². The first-order valence-electron chi connectivity index (χ1n) is 9.86. The van der Waals surface area contributed by atoms with E-state index < -0.39 is 10.8 Å². The molecule has 0 bridgehead atoms. The van der Waals surface area contributed by atoms with E-state index >= 15 is 0 Å². The van der Waals surface area contributed by atoms with Crippen molar-refractivity contribution in [3.05, 3.63) is 53.6 Å². The average molecular weight is 430 g/mol. The van der Waals surface area contributed by atoms with E-state index in [-0.39, 0.29) is 23.3 Å². The van der Waals surface area contributed by atoms with E-state index in [1.54, 1.807) is 0 Å². The fourth-order valence-corrected chi connectivity index (χ4v) is 4.14. The molecule has 1 fully saturated rings. The van der Waals surface area contributed by atoms with Gasteiger partial charge < -0.3 is 20.3 Å². The van der Waals surface area contributed by atoms with Crippen LogP contribution in [0.25, 0.3) is 0 Å². The molecule has 1 heterocycles. The zero-order valence-corrected chi connectivity index (χ0v) is 18.1. The van der Waals surface area contributed by atoms with Crippen molar-refractivity contribution in [3.8, 4) is 0 Å². The summed E-state index contributed by atoms with van der Waals surface area (Å²) >= 11 is 0. The van der Waals surface area contributed by atoms with Crippen LogP contribution in [0.3, 0.4) is 0 Å². The SMILES string of the molecule is Cc1cccc(C)c1NC(=O)C[S@](=O)CC(=O)Nc1ccc(N2CCOCC2)cc1. The number of ether oxygens (including phenoxy) is 1. The largest absolute Gasteiger partial charge is 0.378 e. The number of rotatable bonds is 7. The molecule has 0 unspecified atom stereocenters. The Balaban J connectivity index is 1.47. The van der Waals surface area contributed by atoms with Crippen molar-refractivity contribution < 1.29 is 18.5 Å². The summed E-state index contributed by atoms with van der Waals surface area (Å²) in [5, 5.41) is 5.53. The number of hydrogen-bond acceptors (Lipinski definition) is 5. The Hall–Kier alpha value is -2.71. The van der Waals surface area contributed by atoms with Gasteiger partial charge in [0, 0.05) is 41.0 Å². The number of amides is 2. The fraction of sp³-hybridized carbons (Fsp3) is 0.364. The van der Waals surface area contributed by atoms with Gasteiger partial charge in [-0.2, -0.15) is 0 Å². The van der Waals surface area contributed by atoms with Gasteiger partial charge in [-0.3, -0.25) is 13.8 Å². The maximum atomic E-state index is 12.2. The highest BCUT2D eigenvalue weighted by molar-refractivity contribution is 7.86. The molecule has 0 aliphatic carbocycles. The summed E-state index contributed by atoms with van der Waals surface area (Å²) in [6, 6.07) is 13.2. The fourth-order valence-electron chi connectivity index (χ4n) is 3.30. The summed E-state index contributed by atoms with van der Waals surface area (Å²) in [5.41, 5.74) is 4.31. The molecule has 1 aliphatic heterocycles. The van der Waals surface area contributed by atoms with Gasteiger partial charge in [0.15, 0.2) is 0 Å². The second-order valence-electron chi connectivity index (χ2n) is 7.24. The average Bonchev–Trinajstić information content (AvgIpc) is 2.72. The molecule has 0 aromatic heterocycles. The van der Waals surface area contributed by atoms with Crippen molar-refractivity contribution >= 4 is 39.7 Å². The minimum atomic E-state index is -1.60. The van der Waals surface area contributed by atoms with Gasteiger partial charge in [0.2, 0.25) is 11.8 Å². The third-order valence-electron chi connectivity index (χ3n) is 4.86. The summed E-state index contributed by atoms with van der Waals surface area (Å²) < 4.78 is 17.6. The molecule has 2 aromatic rings. The zero-order chi connectivity index (χ0) is 21.5. The second kappa shape index (κ2) is 10.4. The molecule has 1 aliphatic rings. The first kappa shape index (κ1) is 22.0. The van der Waals surface area contributed by atoms with E-state index in [0.29, 0.717) is 18.9 Å². The zero-order valence-electron chi connectivity index (χ0n) is 17.3. The molecule has 0 radical (unpaired) electrons. The topological polar surface area (TPSA) is 87.7 Å². The number of anilines is 3. The van der Waals surface area contributed by atoms with Gasteiger partial charge in [0.1, 0.15) is 11.5 Å². The van der Waals surface area contributed by atoms with Crippen molar-refractivity contribution in [2.24, 2.45) is 0 Å². The molecule has 0 spiro atoms. The highest BCUT2D eigenvalue weighted by Crippen LogP contribution is 2.20. The van der Waals surface area contributed by atoms with Crippen molar-refractivity contribution in [3.63, 3.8) is 0 Å².